The number of aromatic nitrogens is 1. The molecule has 0 aliphatic carbocycles. The van der Waals surface area contributed by atoms with Crippen molar-refractivity contribution in [3.05, 3.63) is 66.0 Å². The highest BCUT2D eigenvalue weighted by Gasteiger charge is 2.27. The molecule has 1 saturated heterocycles. The second-order valence-corrected chi connectivity index (χ2v) is 7.02. The molecule has 142 valence electrons. The summed E-state index contributed by atoms with van der Waals surface area (Å²) in [4.78, 5) is 31.6. The van der Waals surface area contributed by atoms with Crippen molar-refractivity contribution in [1.29, 1.82) is 0 Å². The normalized spacial score (nSPS) is 19.0. The van der Waals surface area contributed by atoms with Crippen LogP contribution in [-0.4, -0.2) is 34.8 Å². The Labute approximate surface area is 160 Å². The van der Waals surface area contributed by atoms with Crippen LogP contribution >= 0.6 is 0 Å². The third-order valence-electron chi connectivity index (χ3n) is 4.99. The number of rotatable bonds is 3. The number of amides is 2. The Morgan fingerprint density at radius 3 is 2.67 bits per heavy atom. The van der Waals surface area contributed by atoms with Crippen LogP contribution in [0.4, 0.5) is 0 Å². The molecule has 0 radical (unpaired) electrons. The molecule has 0 spiro atoms. The molecule has 0 saturated carbocycles. The monoisotopic (exact) mass is 365 g/mol. The predicted octanol–water partition coefficient (Wildman–Crippen LogP) is 3.27. The van der Waals surface area contributed by atoms with E-state index in [1.807, 2.05) is 47.4 Å². The van der Waals surface area contributed by atoms with Crippen LogP contribution in [-0.2, 0) is 16.0 Å². The molecule has 2 aromatic rings. The van der Waals surface area contributed by atoms with Gasteiger partial charge in [0.1, 0.15) is 0 Å². The summed E-state index contributed by atoms with van der Waals surface area (Å²) in [6, 6.07) is 13.4. The zero-order valence-electron chi connectivity index (χ0n) is 15.6. The second-order valence-electron chi connectivity index (χ2n) is 7.02. The minimum atomic E-state index is -0.242. The van der Waals surface area contributed by atoms with Gasteiger partial charge in [0.15, 0.2) is 0 Å². The van der Waals surface area contributed by atoms with Crippen LogP contribution in [0.3, 0.4) is 0 Å². The molecule has 2 heterocycles. The fraction of sp³-hybridized carbons (Fsp3) is 0.409. The predicted molar refractivity (Wildman–Crippen MR) is 105 cm³/mol. The molecule has 1 atom stereocenters. The average molecular weight is 365 g/mol. The van der Waals surface area contributed by atoms with Gasteiger partial charge in [-0.25, -0.2) is 0 Å². The maximum Gasteiger partial charge on any atom is 0.227 e. The van der Waals surface area contributed by atoms with Crippen LogP contribution in [0.25, 0.3) is 0 Å². The number of pyridine rings is 1. The Morgan fingerprint density at radius 2 is 1.89 bits per heavy atom. The third kappa shape index (κ3) is 5.64. The summed E-state index contributed by atoms with van der Waals surface area (Å²) in [7, 11) is 0. The topological polar surface area (TPSA) is 62.3 Å². The van der Waals surface area contributed by atoms with E-state index in [0.717, 1.165) is 36.8 Å². The fourth-order valence-electron chi connectivity index (χ4n) is 3.55. The molecule has 2 amide bonds. The lowest BCUT2D eigenvalue weighted by Crippen LogP contribution is -2.39. The molecular weight excluding hydrogens is 338 g/mol. The first-order chi connectivity index (χ1) is 13.2. The standard InChI is InChI=1S/C22H27N3O2/c26-21-16-20(19-10-4-3-5-11-19)25(14-7-2-1-6-13-24-21)22(27)15-18-9-8-12-23-17-18/h3-5,8-12,17,20H,1-2,6-7,13-16H2,(H,24,26). The molecule has 27 heavy (non-hydrogen) atoms. The van der Waals surface area contributed by atoms with Gasteiger partial charge in [0.25, 0.3) is 0 Å². The number of nitrogens with one attached hydrogen (secondary N) is 1. The van der Waals surface area contributed by atoms with Crippen LogP contribution in [0.1, 0.15) is 49.3 Å². The van der Waals surface area contributed by atoms with Crippen molar-refractivity contribution < 1.29 is 9.59 Å². The quantitative estimate of drug-likeness (QED) is 0.908. The van der Waals surface area contributed by atoms with Crippen LogP contribution in [0.5, 0.6) is 0 Å². The smallest absolute Gasteiger partial charge is 0.227 e. The maximum atomic E-state index is 13.2. The van der Waals surface area contributed by atoms with Crippen molar-refractivity contribution in [1.82, 2.24) is 15.2 Å². The molecule has 1 unspecified atom stereocenters. The highest BCUT2D eigenvalue weighted by atomic mass is 16.2. The van der Waals surface area contributed by atoms with Gasteiger partial charge in [-0.2, -0.15) is 0 Å². The molecule has 1 aliphatic heterocycles. The molecule has 5 heteroatoms. The molecule has 1 aromatic carbocycles. The zero-order chi connectivity index (χ0) is 18.9. The molecule has 0 bridgehead atoms. The van der Waals surface area contributed by atoms with E-state index < -0.39 is 0 Å². The molecule has 1 fully saturated rings. The molecule has 1 N–H and O–H groups in total. The summed E-state index contributed by atoms with van der Waals surface area (Å²) < 4.78 is 0. The van der Waals surface area contributed by atoms with E-state index >= 15 is 0 Å². The lowest BCUT2D eigenvalue weighted by Gasteiger charge is -2.32. The summed E-state index contributed by atoms with van der Waals surface area (Å²) >= 11 is 0. The van der Waals surface area contributed by atoms with Crippen molar-refractivity contribution >= 4 is 11.8 Å². The summed E-state index contributed by atoms with van der Waals surface area (Å²) in [5.74, 6) is 0.0498. The lowest BCUT2D eigenvalue weighted by molar-refractivity contribution is -0.134. The molecule has 5 nitrogen and oxygen atoms in total. The van der Waals surface area contributed by atoms with Gasteiger partial charge < -0.3 is 10.2 Å². The fourth-order valence-corrected chi connectivity index (χ4v) is 3.55. The van der Waals surface area contributed by atoms with Crippen molar-refractivity contribution in [2.75, 3.05) is 13.1 Å². The number of hydrogen-bond acceptors (Lipinski definition) is 3. The summed E-state index contributed by atoms with van der Waals surface area (Å²) in [6.45, 7) is 1.38. The average Bonchev–Trinajstić information content (AvgIpc) is 2.74. The van der Waals surface area contributed by atoms with Crippen LogP contribution < -0.4 is 5.32 Å². The first kappa shape index (κ1) is 19.1. The lowest BCUT2D eigenvalue weighted by atomic mass is 10.00. The van der Waals surface area contributed by atoms with Gasteiger partial charge >= 0.3 is 0 Å². The summed E-state index contributed by atoms with van der Waals surface area (Å²) in [5, 5.41) is 3.00. The Balaban J connectivity index is 1.86. The maximum absolute atomic E-state index is 13.2. The Hall–Kier alpha value is -2.69. The van der Waals surface area contributed by atoms with Gasteiger partial charge in [-0.05, 0) is 30.0 Å². The van der Waals surface area contributed by atoms with Gasteiger partial charge in [-0.15, -0.1) is 0 Å². The van der Waals surface area contributed by atoms with Crippen LogP contribution in [0, 0.1) is 0 Å². The van der Waals surface area contributed by atoms with E-state index in [1.54, 1.807) is 12.4 Å². The number of benzene rings is 1. The molecule has 1 aromatic heterocycles. The van der Waals surface area contributed by atoms with E-state index in [2.05, 4.69) is 10.3 Å². The SMILES string of the molecule is O=C1CC(c2ccccc2)N(C(=O)Cc2cccnc2)CCCCCCN1. The van der Waals surface area contributed by atoms with E-state index in [9.17, 15) is 9.59 Å². The number of nitrogens with zero attached hydrogens (tertiary/aromatic N) is 2. The molecule has 1 aliphatic rings. The van der Waals surface area contributed by atoms with Crippen molar-refractivity contribution in [3.8, 4) is 0 Å². The minimum absolute atomic E-state index is 0.00457. The van der Waals surface area contributed by atoms with Crippen LogP contribution in [0.15, 0.2) is 54.9 Å². The van der Waals surface area contributed by atoms with Crippen LogP contribution in [0.2, 0.25) is 0 Å². The van der Waals surface area contributed by atoms with Crippen molar-refractivity contribution in [2.45, 2.75) is 44.6 Å². The third-order valence-corrected chi connectivity index (χ3v) is 4.99. The largest absolute Gasteiger partial charge is 0.356 e. The van der Waals surface area contributed by atoms with E-state index in [4.69, 9.17) is 0 Å². The minimum Gasteiger partial charge on any atom is -0.356 e. The first-order valence-corrected chi connectivity index (χ1v) is 9.74. The van der Waals surface area contributed by atoms with Gasteiger partial charge in [0, 0.05) is 25.5 Å². The summed E-state index contributed by atoms with van der Waals surface area (Å²) in [5.41, 5.74) is 1.90. The Morgan fingerprint density at radius 1 is 1.07 bits per heavy atom. The summed E-state index contributed by atoms with van der Waals surface area (Å²) in [6.07, 6.45) is 8.12. The van der Waals surface area contributed by atoms with Crippen molar-refractivity contribution in [3.63, 3.8) is 0 Å². The van der Waals surface area contributed by atoms with Gasteiger partial charge in [0.2, 0.25) is 11.8 Å². The van der Waals surface area contributed by atoms with Gasteiger partial charge in [0.05, 0.1) is 18.9 Å². The first-order valence-electron chi connectivity index (χ1n) is 9.74. The molecular formula is C22H27N3O2. The number of hydrogen-bond donors (Lipinski definition) is 1. The van der Waals surface area contributed by atoms with Gasteiger partial charge in [-0.3, -0.25) is 14.6 Å². The number of carbonyl (C=O) groups excluding carboxylic acids is 2. The molecule has 3 rings (SSSR count). The Bertz CT molecular complexity index is 734. The van der Waals surface area contributed by atoms with E-state index in [1.165, 1.54) is 0 Å². The second kappa shape index (κ2) is 9.86. The highest BCUT2D eigenvalue weighted by Crippen LogP contribution is 2.26. The van der Waals surface area contributed by atoms with Gasteiger partial charge in [-0.1, -0.05) is 49.2 Å². The van der Waals surface area contributed by atoms with Crippen molar-refractivity contribution in [2.24, 2.45) is 0 Å². The number of carbonyl (C=O) groups is 2. The Kier molecular flexibility index (Phi) is 6.97. The van der Waals surface area contributed by atoms with E-state index in [-0.39, 0.29) is 17.9 Å². The van der Waals surface area contributed by atoms with E-state index in [0.29, 0.717) is 25.9 Å². The zero-order valence-corrected chi connectivity index (χ0v) is 15.6. The highest BCUT2D eigenvalue weighted by molar-refractivity contribution is 5.81.